The molecule has 2 aromatic carbocycles. The van der Waals surface area contributed by atoms with Gasteiger partial charge in [0.15, 0.2) is 5.69 Å². The number of halogens is 2. The number of carboxylic acids is 1. The molecule has 1 unspecified atom stereocenters. The molecule has 144 valence electrons. The number of carbonyl (C=O) groups excluding carboxylic acids is 1. The number of amides is 1. The van der Waals surface area contributed by atoms with Crippen molar-refractivity contribution in [3.8, 4) is 11.6 Å². The number of para-hydroxylation sites is 1. The quantitative estimate of drug-likeness (QED) is 0.603. The van der Waals surface area contributed by atoms with Gasteiger partial charge in [-0.3, -0.25) is 9.59 Å². The number of carboxylic acid groups (broad SMARTS) is 1. The summed E-state index contributed by atoms with van der Waals surface area (Å²) in [6.07, 6.45) is -0.597. The lowest BCUT2D eigenvalue weighted by Crippen LogP contribution is -2.30. The summed E-state index contributed by atoms with van der Waals surface area (Å²) in [5.74, 6) is -4.17. The zero-order valence-electron chi connectivity index (χ0n) is 14.3. The Hall–Kier alpha value is -3.75. The monoisotopic (exact) mass is 387 g/mol. The number of hydrogen-bond donors (Lipinski definition) is 3. The maximum atomic E-state index is 13.5. The average Bonchev–Trinajstić information content (AvgIpc) is 3.02. The minimum absolute atomic E-state index is 0.0417. The molecule has 0 saturated carbocycles. The van der Waals surface area contributed by atoms with E-state index in [0.29, 0.717) is 11.8 Å². The molecule has 1 aromatic heterocycles. The van der Waals surface area contributed by atoms with Crippen molar-refractivity contribution in [2.75, 3.05) is 0 Å². The molecule has 0 bridgehead atoms. The van der Waals surface area contributed by atoms with Crippen molar-refractivity contribution in [3.63, 3.8) is 0 Å². The van der Waals surface area contributed by atoms with Gasteiger partial charge in [-0.05, 0) is 29.8 Å². The standard InChI is InChI=1S/C19H15F2N3O4/c20-12-6-11(7-13(21)8-12)15(10-18(26)27)22-19(28)16-9-17(25)24(23-16)14-4-2-1-3-5-14/h1-9,15,25H,10H2,(H,22,28)(H,26,27). The lowest BCUT2D eigenvalue weighted by atomic mass is 10.0. The van der Waals surface area contributed by atoms with E-state index in [1.807, 2.05) is 0 Å². The maximum absolute atomic E-state index is 13.5. The highest BCUT2D eigenvalue weighted by Gasteiger charge is 2.23. The number of carbonyl (C=O) groups is 2. The molecule has 0 saturated heterocycles. The third-order valence-corrected chi connectivity index (χ3v) is 3.90. The van der Waals surface area contributed by atoms with Crippen molar-refractivity contribution in [3.05, 3.63) is 77.5 Å². The van der Waals surface area contributed by atoms with Crippen LogP contribution in [0.1, 0.15) is 28.5 Å². The predicted octanol–water partition coefficient (Wildman–Crippen LogP) is 2.80. The second-order valence-electron chi connectivity index (χ2n) is 5.96. The van der Waals surface area contributed by atoms with Crippen molar-refractivity contribution >= 4 is 11.9 Å². The molecule has 0 spiro atoms. The number of aliphatic carboxylic acids is 1. The lowest BCUT2D eigenvalue weighted by Gasteiger charge is -2.17. The molecule has 1 atom stereocenters. The van der Waals surface area contributed by atoms with Crippen LogP contribution in [0.4, 0.5) is 8.78 Å². The Kier molecular flexibility index (Phi) is 5.35. The zero-order valence-corrected chi connectivity index (χ0v) is 14.3. The number of aromatic hydroxyl groups is 1. The van der Waals surface area contributed by atoms with Crippen LogP contribution in [0, 0.1) is 11.6 Å². The van der Waals surface area contributed by atoms with Crippen molar-refractivity contribution < 1.29 is 28.6 Å². The fourth-order valence-electron chi connectivity index (χ4n) is 2.68. The highest BCUT2D eigenvalue weighted by molar-refractivity contribution is 5.93. The van der Waals surface area contributed by atoms with Crippen LogP contribution in [0.15, 0.2) is 54.6 Å². The van der Waals surface area contributed by atoms with Crippen LogP contribution >= 0.6 is 0 Å². The van der Waals surface area contributed by atoms with E-state index in [-0.39, 0.29) is 17.1 Å². The van der Waals surface area contributed by atoms with E-state index in [2.05, 4.69) is 10.4 Å². The first-order valence-corrected chi connectivity index (χ1v) is 8.16. The summed E-state index contributed by atoms with van der Waals surface area (Å²) in [4.78, 5) is 23.6. The zero-order chi connectivity index (χ0) is 20.3. The lowest BCUT2D eigenvalue weighted by molar-refractivity contribution is -0.137. The Balaban J connectivity index is 1.87. The Morgan fingerprint density at radius 3 is 2.32 bits per heavy atom. The molecule has 0 aliphatic rings. The Morgan fingerprint density at radius 1 is 1.07 bits per heavy atom. The number of hydrogen-bond acceptors (Lipinski definition) is 4. The van der Waals surface area contributed by atoms with Crippen molar-refractivity contribution in [2.45, 2.75) is 12.5 Å². The number of nitrogens with one attached hydrogen (secondary N) is 1. The van der Waals surface area contributed by atoms with Crippen LogP contribution in [-0.4, -0.2) is 31.9 Å². The van der Waals surface area contributed by atoms with Gasteiger partial charge < -0.3 is 15.5 Å². The minimum Gasteiger partial charge on any atom is -0.493 e. The van der Waals surface area contributed by atoms with Gasteiger partial charge in [-0.2, -0.15) is 5.10 Å². The molecule has 0 fully saturated rings. The van der Waals surface area contributed by atoms with E-state index in [0.717, 1.165) is 22.9 Å². The predicted molar refractivity (Wildman–Crippen MR) is 94.0 cm³/mol. The molecule has 0 aliphatic carbocycles. The molecular formula is C19H15F2N3O4. The van der Waals surface area contributed by atoms with E-state index >= 15 is 0 Å². The fraction of sp³-hybridized carbons (Fsp3) is 0.105. The van der Waals surface area contributed by atoms with Crippen LogP contribution < -0.4 is 5.32 Å². The highest BCUT2D eigenvalue weighted by atomic mass is 19.1. The van der Waals surface area contributed by atoms with Crippen molar-refractivity contribution in [2.24, 2.45) is 0 Å². The van der Waals surface area contributed by atoms with Gasteiger partial charge in [-0.1, -0.05) is 18.2 Å². The molecule has 1 heterocycles. The van der Waals surface area contributed by atoms with E-state index < -0.39 is 36.0 Å². The fourth-order valence-corrected chi connectivity index (χ4v) is 2.68. The van der Waals surface area contributed by atoms with Crippen LogP contribution in [0.3, 0.4) is 0 Å². The number of rotatable bonds is 6. The summed E-state index contributed by atoms with van der Waals surface area (Å²) in [7, 11) is 0. The second kappa shape index (κ2) is 7.87. The van der Waals surface area contributed by atoms with Crippen LogP contribution in [-0.2, 0) is 4.79 Å². The van der Waals surface area contributed by atoms with E-state index in [9.17, 15) is 23.5 Å². The summed E-state index contributed by atoms with van der Waals surface area (Å²) in [6.45, 7) is 0. The third-order valence-electron chi connectivity index (χ3n) is 3.90. The van der Waals surface area contributed by atoms with Gasteiger partial charge in [0.05, 0.1) is 18.2 Å². The van der Waals surface area contributed by atoms with Gasteiger partial charge in [0.1, 0.15) is 11.6 Å². The second-order valence-corrected chi connectivity index (χ2v) is 5.96. The highest BCUT2D eigenvalue weighted by Crippen LogP contribution is 2.22. The van der Waals surface area contributed by atoms with Gasteiger partial charge in [0.2, 0.25) is 5.88 Å². The maximum Gasteiger partial charge on any atom is 0.305 e. The molecule has 0 radical (unpaired) electrons. The number of benzene rings is 2. The molecule has 9 heteroatoms. The summed E-state index contributed by atoms with van der Waals surface area (Å²) < 4.78 is 28.1. The number of nitrogens with zero attached hydrogens (tertiary/aromatic N) is 2. The summed E-state index contributed by atoms with van der Waals surface area (Å²) in [5, 5.41) is 25.5. The van der Waals surface area contributed by atoms with Gasteiger partial charge in [0.25, 0.3) is 5.91 Å². The first-order valence-electron chi connectivity index (χ1n) is 8.16. The molecule has 7 nitrogen and oxygen atoms in total. The van der Waals surface area contributed by atoms with Gasteiger partial charge in [-0.25, -0.2) is 13.5 Å². The van der Waals surface area contributed by atoms with Gasteiger partial charge in [-0.15, -0.1) is 0 Å². The van der Waals surface area contributed by atoms with Crippen LogP contribution in [0.5, 0.6) is 5.88 Å². The summed E-state index contributed by atoms with van der Waals surface area (Å²) >= 11 is 0. The summed E-state index contributed by atoms with van der Waals surface area (Å²) in [6, 6.07) is 11.0. The van der Waals surface area contributed by atoms with Gasteiger partial charge in [0, 0.05) is 12.1 Å². The van der Waals surface area contributed by atoms with Crippen LogP contribution in [0.2, 0.25) is 0 Å². The van der Waals surface area contributed by atoms with Crippen molar-refractivity contribution in [1.82, 2.24) is 15.1 Å². The van der Waals surface area contributed by atoms with Gasteiger partial charge >= 0.3 is 5.97 Å². The first-order chi connectivity index (χ1) is 13.3. The topological polar surface area (TPSA) is 104 Å². The van der Waals surface area contributed by atoms with E-state index in [4.69, 9.17) is 5.11 Å². The van der Waals surface area contributed by atoms with Crippen LogP contribution in [0.25, 0.3) is 5.69 Å². The Morgan fingerprint density at radius 2 is 1.71 bits per heavy atom. The van der Waals surface area contributed by atoms with E-state index in [1.54, 1.807) is 30.3 Å². The molecule has 0 aliphatic heterocycles. The Labute approximate surface area is 157 Å². The molecule has 1 amide bonds. The smallest absolute Gasteiger partial charge is 0.305 e. The average molecular weight is 387 g/mol. The van der Waals surface area contributed by atoms with E-state index in [1.165, 1.54) is 0 Å². The summed E-state index contributed by atoms with van der Waals surface area (Å²) in [5.41, 5.74) is 0.280. The molecule has 3 rings (SSSR count). The molecule has 28 heavy (non-hydrogen) atoms. The minimum atomic E-state index is -1.27. The molecule has 3 N–H and O–H groups in total. The third kappa shape index (κ3) is 4.32. The molecular weight excluding hydrogens is 372 g/mol. The Bertz CT molecular complexity index is 1000. The first kappa shape index (κ1) is 19.0. The largest absolute Gasteiger partial charge is 0.493 e. The van der Waals surface area contributed by atoms with Crippen molar-refractivity contribution in [1.29, 1.82) is 0 Å². The SMILES string of the molecule is O=C(O)CC(NC(=O)c1cc(O)n(-c2ccccc2)n1)c1cc(F)cc(F)c1. The number of aromatic nitrogens is 2. The normalized spacial score (nSPS) is 11.8. The molecule has 3 aromatic rings.